The van der Waals surface area contributed by atoms with Crippen LogP contribution in [-0.4, -0.2) is 9.55 Å². The third-order valence-electron chi connectivity index (χ3n) is 2.88. The molecular formula is C13H16BrN3. The molecule has 0 unspecified atom stereocenters. The summed E-state index contributed by atoms with van der Waals surface area (Å²) in [5, 5.41) is 3.49. The molecule has 1 aromatic heterocycles. The van der Waals surface area contributed by atoms with E-state index in [9.17, 15) is 0 Å². The van der Waals surface area contributed by atoms with E-state index >= 15 is 0 Å². The van der Waals surface area contributed by atoms with E-state index in [1.807, 2.05) is 24.1 Å². The molecule has 0 aliphatic rings. The van der Waals surface area contributed by atoms with Crippen LogP contribution in [0.1, 0.15) is 24.2 Å². The Labute approximate surface area is 110 Å². The molecule has 0 radical (unpaired) electrons. The molecule has 1 N–H and O–H groups in total. The molecule has 0 amide bonds. The van der Waals surface area contributed by atoms with Crippen molar-refractivity contribution in [2.45, 2.75) is 19.5 Å². The van der Waals surface area contributed by atoms with E-state index in [0.29, 0.717) is 6.04 Å². The van der Waals surface area contributed by atoms with E-state index in [2.05, 4.69) is 57.4 Å². The number of benzene rings is 1. The zero-order chi connectivity index (χ0) is 12.3. The van der Waals surface area contributed by atoms with Crippen LogP contribution in [0.5, 0.6) is 0 Å². The van der Waals surface area contributed by atoms with Gasteiger partial charge in [-0.15, -0.1) is 0 Å². The number of imidazole rings is 1. The molecule has 0 bridgehead atoms. The number of nitrogens with zero attached hydrogens (tertiary/aromatic N) is 2. The van der Waals surface area contributed by atoms with E-state index < -0.39 is 0 Å². The number of aromatic nitrogens is 2. The molecule has 4 heteroatoms. The van der Waals surface area contributed by atoms with Gasteiger partial charge in [0.2, 0.25) is 0 Å². The zero-order valence-corrected chi connectivity index (χ0v) is 11.6. The predicted molar refractivity (Wildman–Crippen MR) is 72.6 cm³/mol. The van der Waals surface area contributed by atoms with Gasteiger partial charge in [0.25, 0.3) is 0 Å². The molecule has 2 aromatic rings. The maximum absolute atomic E-state index is 4.10. The van der Waals surface area contributed by atoms with Crippen molar-refractivity contribution >= 4 is 15.9 Å². The zero-order valence-electron chi connectivity index (χ0n) is 10.0. The summed E-state index contributed by atoms with van der Waals surface area (Å²) in [5.74, 6) is 0. The molecule has 1 heterocycles. The first-order valence-electron chi connectivity index (χ1n) is 5.61. The summed E-state index contributed by atoms with van der Waals surface area (Å²) in [4.78, 5) is 4.10. The van der Waals surface area contributed by atoms with Crippen molar-refractivity contribution in [3.63, 3.8) is 0 Å². The quantitative estimate of drug-likeness (QED) is 0.939. The fourth-order valence-corrected chi connectivity index (χ4v) is 1.95. The van der Waals surface area contributed by atoms with Gasteiger partial charge in [-0.05, 0) is 24.6 Å². The monoisotopic (exact) mass is 293 g/mol. The summed E-state index contributed by atoms with van der Waals surface area (Å²) in [5.41, 5.74) is 2.48. The van der Waals surface area contributed by atoms with Crippen LogP contribution in [0.3, 0.4) is 0 Å². The van der Waals surface area contributed by atoms with Crippen molar-refractivity contribution < 1.29 is 0 Å². The Balaban J connectivity index is 1.95. The van der Waals surface area contributed by atoms with Crippen molar-refractivity contribution in [3.05, 3.63) is 52.5 Å². The Bertz CT molecular complexity index is 476. The van der Waals surface area contributed by atoms with E-state index in [1.54, 1.807) is 0 Å². The fraction of sp³-hybridized carbons (Fsp3) is 0.308. The van der Waals surface area contributed by atoms with Crippen LogP contribution in [0, 0.1) is 0 Å². The number of aryl methyl sites for hydroxylation is 1. The highest BCUT2D eigenvalue weighted by molar-refractivity contribution is 9.10. The van der Waals surface area contributed by atoms with Gasteiger partial charge in [0.05, 0.1) is 12.0 Å². The maximum atomic E-state index is 4.10. The van der Waals surface area contributed by atoms with Crippen LogP contribution in [0.25, 0.3) is 0 Å². The summed E-state index contributed by atoms with van der Waals surface area (Å²) in [6, 6.07) is 8.73. The molecule has 2 rings (SSSR count). The van der Waals surface area contributed by atoms with Crippen molar-refractivity contribution in [2.75, 3.05) is 0 Å². The Hall–Kier alpha value is -1.13. The summed E-state index contributed by atoms with van der Waals surface area (Å²) in [7, 11) is 2.01. The van der Waals surface area contributed by atoms with Gasteiger partial charge < -0.3 is 9.88 Å². The van der Waals surface area contributed by atoms with Gasteiger partial charge in [0.15, 0.2) is 0 Å². The third-order valence-corrected chi connectivity index (χ3v) is 3.40. The highest BCUT2D eigenvalue weighted by Crippen LogP contribution is 2.16. The molecule has 3 nitrogen and oxygen atoms in total. The molecule has 1 aromatic carbocycles. The second kappa shape index (κ2) is 5.47. The molecule has 0 aliphatic carbocycles. The minimum Gasteiger partial charge on any atom is -0.337 e. The second-order valence-corrected chi connectivity index (χ2v) is 5.07. The first kappa shape index (κ1) is 12.3. The number of nitrogens with one attached hydrogen (secondary N) is 1. The molecule has 0 saturated heterocycles. The SMILES string of the molecule is C[C@@H](NCc1cncn1C)c1ccc(Br)cc1. The second-order valence-electron chi connectivity index (χ2n) is 4.15. The topological polar surface area (TPSA) is 29.9 Å². The molecule has 0 saturated carbocycles. The lowest BCUT2D eigenvalue weighted by Crippen LogP contribution is -2.19. The van der Waals surface area contributed by atoms with Gasteiger partial charge in [0, 0.05) is 30.3 Å². The highest BCUT2D eigenvalue weighted by atomic mass is 79.9. The molecule has 17 heavy (non-hydrogen) atoms. The van der Waals surface area contributed by atoms with Crippen molar-refractivity contribution in [3.8, 4) is 0 Å². The molecule has 0 fully saturated rings. The van der Waals surface area contributed by atoms with Crippen LogP contribution in [0.4, 0.5) is 0 Å². The standard InChI is InChI=1S/C13H16BrN3/c1-10(11-3-5-12(14)6-4-11)16-8-13-7-15-9-17(13)2/h3-7,9-10,16H,8H2,1-2H3/t10-/m1/s1. The van der Waals surface area contributed by atoms with Crippen LogP contribution in [0.2, 0.25) is 0 Å². The summed E-state index contributed by atoms with van der Waals surface area (Å²) in [6.45, 7) is 2.99. The molecule has 1 atom stereocenters. The van der Waals surface area contributed by atoms with E-state index in [0.717, 1.165) is 11.0 Å². The van der Waals surface area contributed by atoms with Crippen LogP contribution in [0.15, 0.2) is 41.3 Å². The first-order valence-corrected chi connectivity index (χ1v) is 6.40. The molecule has 0 spiro atoms. The van der Waals surface area contributed by atoms with Gasteiger partial charge in [-0.25, -0.2) is 4.98 Å². The predicted octanol–water partition coefficient (Wildman–Crippen LogP) is 3.03. The molecular weight excluding hydrogens is 278 g/mol. The van der Waals surface area contributed by atoms with Gasteiger partial charge in [0.1, 0.15) is 0 Å². The summed E-state index contributed by atoms with van der Waals surface area (Å²) in [6.07, 6.45) is 3.71. The lowest BCUT2D eigenvalue weighted by molar-refractivity contribution is 0.558. The van der Waals surface area contributed by atoms with Crippen LogP contribution < -0.4 is 5.32 Å². The average molecular weight is 294 g/mol. The van der Waals surface area contributed by atoms with Gasteiger partial charge in [-0.3, -0.25) is 0 Å². The number of hydrogen-bond acceptors (Lipinski definition) is 2. The van der Waals surface area contributed by atoms with E-state index in [4.69, 9.17) is 0 Å². The Kier molecular flexibility index (Phi) is 3.97. The number of hydrogen-bond donors (Lipinski definition) is 1. The average Bonchev–Trinajstić information content (AvgIpc) is 2.73. The molecule has 0 aliphatic heterocycles. The van der Waals surface area contributed by atoms with E-state index in [-0.39, 0.29) is 0 Å². The van der Waals surface area contributed by atoms with Gasteiger partial charge in [-0.1, -0.05) is 28.1 Å². The Morgan fingerprint density at radius 2 is 2.06 bits per heavy atom. The number of rotatable bonds is 4. The van der Waals surface area contributed by atoms with Crippen molar-refractivity contribution in [2.24, 2.45) is 7.05 Å². The Morgan fingerprint density at radius 1 is 1.35 bits per heavy atom. The van der Waals surface area contributed by atoms with Crippen LogP contribution >= 0.6 is 15.9 Å². The number of halogens is 1. The smallest absolute Gasteiger partial charge is 0.0945 e. The highest BCUT2D eigenvalue weighted by Gasteiger charge is 2.05. The lowest BCUT2D eigenvalue weighted by atomic mass is 10.1. The Morgan fingerprint density at radius 3 is 2.65 bits per heavy atom. The third kappa shape index (κ3) is 3.17. The minimum atomic E-state index is 0.331. The minimum absolute atomic E-state index is 0.331. The van der Waals surface area contributed by atoms with Crippen LogP contribution in [-0.2, 0) is 13.6 Å². The first-order chi connectivity index (χ1) is 8.16. The van der Waals surface area contributed by atoms with Gasteiger partial charge in [-0.2, -0.15) is 0 Å². The van der Waals surface area contributed by atoms with Gasteiger partial charge >= 0.3 is 0 Å². The normalized spacial score (nSPS) is 12.6. The molecule has 90 valence electrons. The lowest BCUT2D eigenvalue weighted by Gasteiger charge is -2.14. The van der Waals surface area contributed by atoms with Crippen molar-refractivity contribution in [1.82, 2.24) is 14.9 Å². The van der Waals surface area contributed by atoms with E-state index in [1.165, 1.54) is 11.3 Å². The van der Waals surface area contributed by atoms with Crippen molar-refractivity contribution in [1.29, 1.82) is 0 Å². The summed E-state index contributed by atoms with van der Waals surface area (Å²) < 4.78 is 3.14. The fourth-order valence-electron chi connectivity index (χ4n) is 1.68. The maximum Gasteiger partial charge on any atom is 0.0945 e. The summed E-state index contributed by atoms with van der Waals surface area (Å²) >= 11 is 3.44. The largest absolute Gasteiger partial charge is 0.337 e.